The molecule has 0 aromatic rings. The molecule has 2 N–H and O–H groups in total. The van der Waals surface area contributed by atoms with E-state index < -0.39 is 11.2 Å². The molecule has 188 valence electrons. The number of carbonyl (C=O) groups excluding carboxylic acids is 2. The zero-order chi connectivity index (χ0) is 24.7. The number of methoxy groups -OCH3 is 2. The minimum Gasteiger partial charge on any atom is -0.444 e. The molecule has 2 amide bonds. The standard InChI is InChI=1S/2C11H21NO4/c2*1-11(2,3)16-10(14)12-5-8(7-13)9(6-12)15-4/h2*8-9,13H,5-7H2,1-4H3/t2*8-,9+/m10/s1. The summed E-state index contributed by atoms with van der Waals surface area (Å²) in [6.07, 6.45) is -0.883. The zero-order valence-electron chi connectivity index (χ0n) is 20.8. The van der Waals surface area contributed by atoms with Crippen molar-refractivity contribution in [3.63, 3.8) is 0 Å². The second-order valence-corrected chi connectivity index (χ2v) is 10.2. The summed E-state index contributed by atoms with van der Waals surface area (Å²) in [5, 5.41) is 18.3. The quantitative estimate of drug-likeness (QED) is 0.648. The van der Waals surface area contributed by atoms with Gasteiger partial charge in [0, 0.05) is 39.1 Å². The first kappa shape index (κ1) is 28.4. The van der Waals surface area contributed by atoms with Gasteiger partial charge in [-0.15, -0.1) is 0 Å². The van der Waals surface area contributed by atoms with Gasteiger partial charge in [0.15, 0.2) is 0 Å². The fourth-order valence-electron chi connectivity index (χ4n) is 3.52. The van der Waals surface area contributed by atoms with Gasteiger partial charge in [-0.3, -0.25) is 0 Å². The van der Waals surface area contributed by atoms with Crippen molar-refractivity contribution in [3.8, 4) is 0 Å². The predicted molar refractivity (Wildman–Crippen MR) is 118 cm³/mol. The lowest BCUT2D eigenvalue weighted by Gasteiger charge is -2.24. The van der Waals surface area contributed by atoms with Gasteiger partial charge in [0.1, 0.15) is 11.2 Å². The van der Waals surface area contributed by atoms with Crippen molar-refractivity contribution in [3.05, 3.63) is 0 Å². The van der Waals surface area contributed by atoms with E-state index in [1.54, 1.807) is 24.0 Å². The summed E-state index contributed by atoms with van der Waals surface area (Å²) >= 11 is 0. The topological polar surface area (TPSA) is 118 Å². The first-order chi connectivity index (χ1) is 14.7. The highest BCUT2D eigenvalue weighted by Gasteiger charge is 2.37. The van der Waals surface area contributed by atoms with Crippen LogP contribution in [-0.4, -0.2) is 109 Å². The second-order valence-electron chi connectivity index (χ2n) is 10.2. The molecule has 2 aliphatic rings. The number of hydrogen-bond acceptors (Lipinski definition) is 8. The molecule has 4 atom stereocenters. The van der Waals surface area contributed by atoms with E-state index in [2.05, 4.69) is 0 Å². The molecule has 10 heteroatoms. The highest BCUT2D eigenvalue weighted by Crippen LogP contribution is 2.22. The lowest BCUT2D eigenvalue weighted by atomic mass is 10.1. The summed E-state index contributed by atoms with van der Waals surface area (Å²) < 4.78 is 20.9. The van der Waals surface area contributed by atoms with Crippen LogP contribution in [0.5, 0.6) is 0 Å². The van der Waals surface area contributed by atoms with Crippen LogP contribution >= 0.6 is 0 Å². The number of rotatable bonds is 4. The van der Waals surface area contributed by atoms with Crippen molar-refractivity contribution in [2.45, 2.75) is 65.0 Å². The normalized spacial score (nSPS) is 25.9. The molecule has 2 fully saturated rings. The van der Waals surface area contributed by atoms with Crippen molar-refractivity contribution in [2.75, 3.05) is 53.6 Å². The van der Waals surface area contributed by atoms with Gasteiger partial charge in [-0.05, 0) is 41.5 Å². The molecule has 0 spiro atoms. The number of ether oxygens (including phenoxy) is 4. The average molecular weight is 463 g/mol. The third-order valence-corrected chi connectivity index (χ3v) is 5.14. The van der Waals surface area contributed by atoms with Crippen LogP contribution in [-0.2, 0) is 18.9 Å². The van der Waals surface area contributed by atoms with Crippen LogP contribution in [0.15, 0.2) is 0 Å². The second kappa shape index (κ2) is 12.0. The third kappa shape index (κ3) is 9.09. The van der Waals surface area contributed by atoms with Gasteiger partial charge in [0.2, 0.25) is 0 Å². The van der Waals surface area contributed by atoms with Gasteiger partial charge < -0.3 is 39.0 Å². The lowest BCUT2D eigenvalue weighted by molar-refractivity contribution is 0.0241. The number of hydrogen-bond donors (Lipinski definition) is 2. The molecule has 0 unspecified atom stereocenters. The minimum absolute atomic E-state index is 0.0162. The van der Waals surface area contributed by atoms with Crippen LogP contribution < -0.4 is 0 Å². The largest absolute Gasteiger partial charge is 0.444 e. The van der Waals surface area contributed by atoms with Crippen molar-refractivity contribution >= 4 is 12.2 Å². The summed E-state index contributed by atoms with van der Waals surface area (Å²) in [4.78, 5) is 26.7. The molecule has 0 aromatic carbocycles. The van der Waals surface area contributed by atoms with Crippen LogP contribution in [0.3, 0.4) is 0 Å². The maximum absolute atomic E-state index is 11.8. The third-order valence-electron chi connectivity index (χ3n) is 5.14. The fourth-order valence-corrected chi connectivity index (χ4v) is 3.52. The van der Waals surface area contributed by atoms with Crippen molar-refractivity contribution < 1.29 is 38.7 Å². The molecule has 2 rings (SSSR count). The van der Waals surface area contributed by atoms with E-state index in [9.17, 15) is 9.59 Å². The van der Waals surface area contributed by atoms with Gasteiger partial charge >= 0.3 is 12.2 Å². The molecule has 0 aromatic heterocycles. The smallest absolute Gasteiger partial charge is 0.410 e. The highest BCUT2D eigenvalue weighted by molar-refractivity contribution is 5.69. The van der Waals surface area contributed by atoms with Crippen LogP contribution in [0, 0.1) is 11.8 Å². The Labute approximate surface area is 191 Å². The summed E-state index contributed by atoms with van der Waals surface area (Å²) in [5.41, 5.74) is -0.978. The number of likely N-dealkylation sites (tertiary alicyclic amines) is 2. The summed E-state index contributed by atoms with van der Waals surface area (Å²) in [6.45, 7) is 13.0. The lowest BCUT2D eigenvalue weighted by Crippen LogP contribution is -2.36. The van der Waals surface area contributed by atoms with E-state index >= 15 is 0 Å². The van der Waals surface area contributed by atoms with E-state index in [0.29, 0.717) is 26.2 Å². The first-order valence-corrected chi connectivity index (χ1v) is 11.0. The monoisotopic (exact) mass is 462 g/mol. The van der Waals surface area contributed by atoms with E-state index in [4.69, 9.17) is 29.2 Å². The van der Waals surface area contributed by atoms with E-state index in [0.717, 1.165) is 0 Å². The number of carbonyl (C=O) groups is 2. The van der Waals surface area contributed by atoms with E-state index in [-0.39, 0.29) is 49.4 Å². The molecular weight excluding hydrogens is 420 g/mol. The first-order valence-electron chi connectivity index (χ1n) is 11.0. The Morgan fingerprint density at radius 3 is 1.22 bits per heavy atom. The Hall–Kier alpha value is -1.62. The Morgan fingerprint density at radius 1 is 0.719 bits per heavy atom. The Balaban J connectivity index is 0.000000320. The maximum Gasteiger partial charge on any atom is 0.410 e. The average Bonchev–Trinajstić information content (AvgIpc) is 3.29. The van der Waals surface area contributed by atoms with Crippen molar-refractivity contribution in [1.82, 2.24) is 9.80 Å². The van der Waals surface area contributed by atoms with Crippen molar-refractivity contribution in [2.24, 2.45) is 11.8 Å². The Bertz CT molecular complexity index is 526. The molecule has 2 aliphatic heterocycles. The van der Waals surface area contributed by atoms with Crippen LogP contribution in [0.2, 0.25) is 0 Å². The molecule has 0 aliphatic carbocycles. The van der Waals surface area contributed by atoms with Crippen LogP contribution in [0.4, 0.5) is 9.59 Å². The number of aliphatic hydroxyl groups is 2. The van der Waals surface area contributed by atoms with Gasteiger partial charge in [-0.2, -0.15) is 0 Å². The summed E-state index contributed by atoms with van der Waals surface area (Å²) in [6, 6.07) is 0. The molecule has 2 saturated heterocycles. The number of aliphatic hydroxyl groups excluding tert-OH is 2. The molecule has 32 heavy (non-hydrogen) atoms. The molecule has 0 bridgehead atoms. The molecule has 0 radical (unpaired) electrons. The SMILES string of the molecule is CO[C@@H]1CN(C(=O)OC(C)(C)C)C[C@H]1CO.CO[C@H]1CN(C(=O)OC(C)(C)C)C[C@@H]1CO. The van der Waals surface area contributed by atoms with Gasteiger partial charge in [0.25, 0.3) is 0 Å². The van der Waals surface area contributed by atoms with Crippen LogP contribution in [0.25, 0.3) is 0 Å². The molecular formula is C22H42N2O8. The molecule has 0 saturated carbocycles. The summed E-state index contributed by atoms with van der Waals surface area (Å²) in [5.74, 6) is -0.0324. The Kier molecular flexibility index (Phi) is 10.7. The fraction of sp³-hybridized carbons (Fsp3) is 0.909. The zero-order valence-corrected chi connectivity index (χ0v) is 20.8. The Morgan fingerprint density at radius 2 is 1.03 bits per heavy atom. The maximum atomic E-state index is 11.8. The van der Waals surface area contributed by atoms with Crippen molar-refractivity contribution in [1.29, 1.82) is 0 Å². The van der Waals surface area contributed by atoms with Crippen LogP contribution in [0.1, 0.15) is 41.5 Å². The predicted octanol–water partition coefficient (Wildman–Crippen LogP) is 1.72. The van der Waals surface area contributed by atoms with Gasteiger partial charge in [0.05, 0.1) is 38.5 Å². The molecule has 2 heterocycles. The summed E-state index contributed by atoms with van der Waals surface area (Å²) in [7, 11) is 3.18. The van der Waals surface area contributed by atoms with Gasteiger partial charge in [-0.25, -0.2) is 9.59 Å². The molecule has 10 nitrogen and oxygen atoms in total. The number of amides is 2. The van der Waals surface area contributed by atoms with E-state index in [1.165, 1.54) is 0 Å². The minimum atomic E-state index is -0.489. The number of nitrogens with zero attached hydrogens (tertiary/aromatic N) is 2. The van der Waals surface area contributed by atoms with Gasteiger partial charge in [-0.1, -0.05) is 0 Å². The van der Waals surface area contributed by atoms with E-state index in [1.807, 2.05) is 41.5 Å². The highest BCUT2D eigenvalue weighted by atomic mass is 16.6.